The van der Waals surface area contributed by atoms with E-state index in [1.54, 1.807) is 4.90 Å². The van der Waals surface area contributed by atoms with Crippen molar-refractivity contribution in [3.05, 3.63) is 0 Å². The SMILES string of the molecule is C[C@]1(C(=O)N2CCC(C(=O)O)CC2)CCCO1. The summed E-state index contributed by atoms with van der Waals surface area (Å²) in [4.78, 5) is 24.8. The van der Waals surface area contributed by atoms with Crippen LogP contribution in [-0.4, -0.2) is 47.2 Å². The molecule has 0 aromatic heterocycles. The van der Waals surface area contributed by atoms with Gasteiger partial charge < -0.3 is 14.7 Å². The lowest BCUT2D eigenvalue weighted by Crippen LogP contribution is -2.50. The van der Waals surface area contributed by atoms with Crippen molar-refractivity contribution in [2.45, 2.75) is 38.2 Å². The first-order chi connectivity index (χ1) is 8.03. The van der Waals surface area contributed by atoms with Gasteiger partial charge in [-0.3, -0.25) is 9.59 Å². The highest BCUT2D eigenvalue weighted by Gasteiger charge is 2.41. The second kappa shape index (κ2) is 4.64. The van der Waals surface area contributed by atoms with Crippen LogP contribution in [0.15, 0.2) is 0 Å². The van der Waals surface area contributed by atoms with Crippen molar-refractivity contribution < 1.29 is 19.4 Å². The fraction of sp³-hybridized carbons (Fsp3) is 0.833. The molecule has 2 aliphatic heterocycles. The maximum absolute atomic E-state index is 12.3. The van der Waals surface area contributed by atoms with E-state index in [9.17, 15) is 9.59 Å². The lowest BCUT2D eigenvalue weighted by Gasteiger charge is -2.35. The van der Waals surface area contributed by atoms with Crippen molar-refractivity contribution in [2.75, 3.05) is 19.7 Å². The van der Waals surface area contributed by atoms with Gasteiger partial charge in [0.1, 0.15) is 5.60 Å². The van der Waals surface area contributed by atoms with E-state index in [0.29, 0.717) is 32.5 Å². The average Bonchev–Trinajstić information content (AvgIpc) is 2.76. The van der Waals surface area contributed by atoms with E-state index in [1.807, 2.05) is 6.92 Å². The van der Waals surface area contributed by atoms with E-state index in [4.69, 9.17) is 9.84 Å². The minimum absolute atomic E-state index is 0.0267. The predicted octanol–water partition coefficient (Wildman–Crippen LogP) is 0.879. The first kappa shape index (κ1) is 12.4. The van der Waals surface area contributed by atoms with Gasteiger partial charge in [-0.2, -0.15) is 0 Å². The molecule has 5 heteroatoms. The normalized spacial score (nSPS) is 30.5. The van der Waals surface area contributed by atoms with E-state index >= 15 is 0 Å². The van der Waals surface area contributed by atoms with Crippen LogP contribution in [0.1, 0.15) is 32.6 Å². The van der Waals surface area contributed by atoms with Crippen LogP contribution in [0, 0.1) is 5.92 Å². The van der Waals surface area contributed by atoms with E-state index < -0.39 is 11.6 Å². The molecule has 2 aliphatic rings. The van der Waals surface area contributed by atoms with Crippen LogP contribution in [0.5, 0.6) is 0 Å². The molecule has 1 atom stereocenters. The molecule has 0 spiro atoms. The second-order valence-electron chi connectivity index (χ2n) is 5.09. The molecule has 2 saturated heterocycles. The number of hydrogen-bond donors (Lipinski definition) is 1. The number of rotatable bonds is 2. The summed E-state index contributed by atoms with van der Waals surface area (Å²) in [6, 6.07) is 0. The maximum Gasteiger partial charge on any atom is 0.306 e. The number of amides is 1. The molecular weight excluding hydrogens is 222 g/mol. The summed E-state index contributed by atoms with van der Waals surface area (Å²) in [6.45, 7) is 3.56. The molecule has 17 heavy (non-hydrogen) atoms. The fourth-order valence-electron chi connectivity index (χ4n) is 2.61. The summed E-state index contributed by atoms with van der Waals surface area (Å²) in [5.41, 5.74) is -0.671. The van der Waals surface area contributed by atoms with Crippen molar-refractivity contribution in [1.29, 1.82) is 0 Å². The summed E-state index contributed by atoms with van der Waals surface area (Å²) < 4.78 is 5.52. The van der Waals surface area contributed by atoms with Crippen LogP contribution < -0.4 is 0 Å². The molecule has 0 unspecified atom stereocenters. The van der Waals surface area contributed by atoms with Crippen molar-refractivity contribution in [1.82, 2.24) is 4.90 Å². The first-order valence-corrected chi connectivity index (χ1v) is 6.19. The molecule has 1 N–H and O–H groups in total. The highest BCUT2D eigenvalue weighted by Crippen LogP contribution is 2.29. The van der Waals surface area contributed by atoms with Gasteiger partial charge in [-0.1, -0.05) is 0 Å². The topological polar surface area (TPSA) is 66.8 Å². The van der Waals surface area contributed by atoms with E-state index in [0.717, 1.165) is 12.8 Å². The quantitative estimate of drug-likeness (QED) is 0.779. The molecule has 0 aromatic rings. The minimum Gasteiger partial charge on any atom is -0.481 e. The number of carboxylic acids is 1. The van der Waals surface area contributed by atoms with Crippen molar-refractivity contribution >= 4 is 11.9 Å². The summed E-state index contributed by atoms with van der Waals surface area (Å²) in [6.07, 6.45) is 2.80. The summed E-state index contributed by atoms with van der Waals surface area (Å²) >= 11 is 0. The molecular formula is C12H19NO4. The van der Waals surface area contributed by atoms with Crippen LogP contribution in [-0.2, 0) is 14.3 Å². The number of likely N-dealkylation sites (tertiary alicyclic amines) is 1. The van der Waals surface area contributed by atoms with Gasteiger partial charge >= 0.3 is 5.97 Å². The Kier molecular flexibility index (Phi) is 3.38. The molecule has 1 amide bonds. The van der Waals surface area contributed by atoms with E-state index in [1.165, 1.54) is 0 Å². The van der Waals surface area contributed by atoms with Gasteiger partial charge in [-0.15, -0.1) is 0 Å². The Morgan fingerprint density at radius 3 is 2.47 bits per heavy atom. The number of carbonyl (C=O) groups excluding carboxylic acids is 1. The first-order valence-electron chi connectivity index (χ1n) is 6.19. The van der Waals surface area contributed by atoms with Crippen LogP contribution in [0.2, 0.25) is 0 Å². The summed E-state index contributed by atoms with van der Waals surface area (Å²) in [5.74, 6) is -1.02. The van der Waals surface area contributed by atoms with Gasteiger partial charge in [-0.05, 0) is 32.6 Å². The Bertz CT molecular complexity index is 314. The van der Waals surface area contributed by atoms with Gasteiger partial charge in [0.05, 0.1) is 5.92 Å². The molecule has 0 bridgehead atoms. The third kappa shape index (κ3) is 2.44. The molecule has 2 heterocycles. The van der Waals surface area contributed by atoms with Crippen LogP contribution in [0.25, 0.3) is 0 Å². The molecule has 0 aromatic carbocycles. The van der Waals surface area contributed by atoms with E-state index in [2.05, 4.69) is 0 Å². The average molecular weight is 241 g/mol. The number of carbonyl (C=O) groups is 2. The van der Waals surface area contributed by atoms with Gasteiger partial charge in [-0.25, -0.2) is 0 Å². The summed E-state index contributed by atoms with van der Waals surface area (Å²) in [7, 11) is 0. The van der Waals surface area contributed by atoms with Crippen LogP contribution in [0.3, 0.4) is 0 Å². The van der Waals surface area contributed by atoms with Crippen LogP contribution in [0.4, 0.5) is 0 Å². The zero-order chi connectivity index (χ0) is 12.5. The highest BCUT2D eigenvalue weighted by molar-refractivity contribution is 5.85. The largest absolute Gasteiger partial charge is 0.481 e. The zero-order valence-electron chi connectivity index (χ0n) is 10.1. The summed E-state index contributed by atoms with van der Waals surface area (Å²) in [5, 5.41) is 8.90. The van der Waals surface area contributed by atoms with Crippen LogP contribution >= 0.6 is 0 Å². The van der Waals surface area contributed by atoms with Gasteiger partial charge in [0.2, 0.25) is 0 Å². The Balaban J connectivity index is 1.92. The molecule has 0 radical (unpaired) electrons. The number of ether oxygens (including phenoxy) is 1. The van der Waals surface area contributed by atoms with Gasteiger partial charge in [0.25, 0.3) is 5.91 Å². The molecule has 0 aliphatic carbocycles. The third-order valence-electron chi connectivity index (χ3n) is 3.80. The standard InChI is InChI=1S/C12H19NO4/c1-12(5-2-8-17-12)11(16)13-6-3-9(4-7-13)10(14)15/h9H,2-8H2,1H3,(H,14,15)/t12-/m1/s1. The predicted molar refractivity (Wildman–Crippen MR) is 60.5 cm³/mol. The number of hydrogen-bond acceptors (Lipinski definition) is 3. The van der Waals surface area contributed by atoms with Crippen molar-refractivity contribution in [2.24, 2.45) is 5.92 Å². The third-order valence-corrected chi connectivity index (χ3v) is 3.80. The second-order valence-corrected chi connectivity index (χ2v) is 5.09. The Morgan fingerprint density at radius 2 is 2.00 bits per heavy atom. The number of aliphatic carboxylic acids is 1. The Labute approximate surface area is 101 Å². The molecule has 2 rings (SSSR count). The number of piperidine rings is 1. The van der Waals surface area contributed by atoms with Crippen molar-refractivity contribution in [3.63, 3.8) is 0 Å². The molecule has 2 fully saturated rings. The number of carboxylic acid groups (broad SMARTS) is 1. The minimum atomic E-state index is -0.750. The van der Waals surface area contributed by atoms with Gasteiger partial charge in [0, 0.05) is 19.7 Å². The maximum atomic E-state index is 12.3. The molecule has 96 valence electrons. The smallest absolute Gasteiger partial charge is 0.306 e. The lowest BCUT2D eigenvalue weighted by atomic mass is 9.94. The fourth-order valence-corrected chi connectivity index (χ4v) is 2.61. The zero-order valence-corrected chi connectivity index (χ0v) is 10.1. The van der Waals surface area contributed by atoms with E-state index in [-0.39, 0.29) is 11.8 Å². The Morgan fingerprint density at radius 1 is 1.35 bits per heavy atom. The molecule has 0 saturated carbocycles. The van der Waals surface area contributed by atoms with Crippen molar-refractivity contribution in [3.8, 4) is 0 Å². The Hall–Kier alpha value is -1.10. The lowest BCUT2D eigenvalue weighted by molar-refractivity contribution is -0.155. The number of nitrogens with zero attached hydrogens (tertiary/aromatic N) is 1. The van der Waals surface area contributed by atoms with Gasteiger partial charge in [0.15, 0.2) is 0 Å². The highest BCUT2D eigenvalue weighted by atomic mass is 16.5. The monoisotopic (exact) mass is 241 g/mol. The molecule has 5 nitrogen and oxygen atoms in total.